The summed E-state index contributed by atoms with van der Waals surface area (Å²) in [4.78, 5) is 27.3. The van der Waals surface area contributed by atoms with Crippen LogP contribution in [-0.4, -0.2) is 17.3 Å². The van der Waals surface area contributed by atoms with E-state index >= 15 is 0 Å². The Hall–Kier alpha value is -2.69. The Morgan fingerprint density at radius 3 is 2.87 bits per heavy atom. The molecular weight excluding hydrogens is 290 g/mol. The first-order valence-electron chi connectivity index (χ1n) is 7.75. The lowest BCUT2D eigenvalue weighted by Gasteiger charge is -2.15. The number of anilines is 2. The van der Waals surface area contributed by atoms with Crippen LogP contribution in [0.25, 0.3) is 0 Å². The molecule has 0 saturated heterocycles. The highest BCUT2D eigenvalue weighted by molar-refractivity contribution is 5.96. The molecule has 0 radical (unpaired) electrons. The zero-order chi connectivity index (χ0) is 16.2. The predicted octanol–water partition coefficient (Wildman–Crippen LogP) is 3.27. The number of amides is 2. The van der Waals surface area contributed by atoms with Crippen LogP contribution in [-0.2, 0) is 9.59 Å². The molecule has 5 heteroatoms. The maximum atomic E-state index is 12.5. The lowest BCUT2D eigenvalue weighted by atomic mass is 10.0. The summed E-state index contributed by atoms with van der Waals surface area (Å²) in [5.74, 6) is 0.513. The maximum absolute atomic E-state index is 12.5. The zero-order valence-electron chi connectivity index (χ0n) is 13.0. The van der Waals surface area contributed by atoms with Crippen molar-refractivity contribution in [2.24, 2.45) is 0 Å². The second kappa shape index (κ2) is 6.60. The second-order valence-corrected chi connectivity index (χ2v) is 5.81. The maximum Gasteiger partial charge on any atom is 0.231 e. The van der Waals surface area contributed by atoms with Gasteiger partial charge in [0.2, 0.25) is 12.3 Å². The minimum Gasteiger partial charge on any atom is -0.326 e. The number of pyridine rings is 1. The third-order valence-electron chi connectivity index (χ3n) is 4.10. The normalized spacial score (nSPS) is 14.8. The Morgan fingerprint density at radius 1 is 1.30 bits per heavy atom. The third kappa shape index (κ3) is 3.56. The van der Waals surface area contributed by atoms with E-state index in [1.54, 1.807) is 25.3 Å². The Labute approximate surface area is 135 Å². The molecule has 3 rings (SSSR count). The summed E-state index contributed by atoms with van der Waals surface area (Å²) in [5.41, 5.74) is 2.77. The van der Waals surface area contributed by atoms with E-state index in [2.05, 4.69) is 21.7 Å². The van der Waals surface area contributed by atoms with E-state index < -0.39 is 5.92 Å². The molecule has 2 amide bonds. The molecule has 1 saturated carbocycles. The number of rotatable bonds is 6. The summed E-state index contributed by atoms with van der Waals surface area (Å²) in [6.45, 7) is 1.80. The first-order valence-corrected chi connectivity index (χ1v) is 7.75. The number of carbonyl (C=O) groups is 2. The van der Waals surface area contributed by atoms with E-state index in [-0.39, 0.29) is 5.91 Å². The molecule has 118 valence electrons. The van der Waals surface area contributed by atoms with Crippen molar-refractivity contribution < 1.29 is 9.59 Å². The summed E-state index contributed by atoms with van der Waals surface area (Å²) in [5, 5.41) is 5.49. The van der Waals surface area contributed by atoms with E-state index in [1.165, 1.54) is 18.4 Å². The summed E-state index contributed by atoms with van der Waals surface area (Å²) in [6, 6.07) is 11.5. The van der Waals surface area contributed by atoms with Crippen molar-refractivity contribution in [3.8, 4) is 0 Å². The van der Waals surface area contributed by atoms with Gasteiger partial charge >= 0.3 is 0 Å². The van der Waals surface area contributed by atoms with Crippen LogP contribution in [0.15, 0.2) is 42.6 Å². The smallest absolute Gasteiger partial charge is 0.231 e. The number of hydrogen-bond donors (Lipinski definition) is 2. The molecule has 0 spiro atoms. The zero-order valence-corrected chi connectivity index (χ0v) is 13.0. The first kappa shape index (κ1) is 15.2. The van der Waals surface area contributed by atoms with Crippen molar-refractivity contribution in [3.05, 3.63) is 53.7 Å². The highest BCUT2D eigenvalue weighted by Crippen LogP contribution is 2.40. The minimum atomic E-state index is -0.421. The average molecular weight is 309 g/mol. The SMILES string of the molecule is C[C@@H](C(=O)Nc1cccc(C2CC2)c1)c1cccnc1NC=O. The van der Waals surface area contributed by atoms with Crippen LogP contribution in [0.3, 0.4) is 0 Å². The van der Waals surface area contributed by atoms with Crippen LogP contribution in [0, 0.1) is 0 Å². The van der Waals surface area contributed by atoms with Gasteiger partial charge in [0.1, 0.15) is 5.82 Å². The van der Waals surface area contributed by atoms with Gasteiger partial charge in [-0.3, -0.25) is 9.59 Å². The van der Waals surface area contributed by atoms with Gasteiger partial charge in [0, 0.05) is 17.4 Å². The molecule has 0 unspecified atom stereocenters. The van der Waals surface area contributed by atoms with Crippen molar-refractivity contribution in [2.75, 3.05) is 10.6 Å². The summed E-state index contributed by atoms with van der Waals surface area (Å²) in [6.07, 6.45) is 4.60. The fraction of sp³-hybridized carbons (Fsp3) is 0.278. The van der Waals surface area contributed by atoms with Crippen molar-refractivity contribution in [1.82, 2.24) is 4.98 Å². The first-order chi connectivity index (χ1) is 11.2. The van der Waals surface area contributed by atoms with Gasteiger partial charge in [0.25, 0.3) is 0 Å². The minimum absolute atomic E-state index is 0.125. The summed E-state index contributed by atoms with van der Waals surface area (Å²) < 4.78 is 0. The van der Waals surface area contributed by atoms with Gasteiger partial charge in [-0.25, -0.2) is 4.98 Å². The number of nitrogens with zero attached hydrogens (tertiary/aromatic N) is 1. The summed E-state index contributed by atoms with van der Waals surface area (Å²) >= 11 is 0. The van der Waals surface area contributed by atoms with Crippen LogP contribution in [0.2, 0.25) is 0 Å². The van der Waals surface area contributed by atoms with Crippen LogP contribution < -0.4 is 10.6 Å². The molecule has 23 heavy (non-hydrogen) atoms. The molecule has 1 aromatic carbocycles. The second-order valence-electron chi connectivity index (χ2n) is 5.81. The molecule has 2 N–H and O–H groups in total. The van der Waals surface area contributed by atoms with Gasteiger partial charge in [0.05, 0.1) is 5.92 Å². The molecule has 1 fully saturated rings. The highest BCUT2D eigenvalue weighted by atomic mass is 16.2. The number of hydrogen-bond acceptors (Lipinski definition) is 3. The average Bonchev–Trinajstić information content (AvgIpc) is 3.40. The quantitative estimate of drug-likeness (QED) is 0.805. The van der Waals surface area contributed by atoms with Crippen LogP contribution in [0.5, 0.6) is 0 Å². The Morgan fingerprint density at radius 2 is 2.13 bits per heavy atom. The Bertz CT molecular complexity index is 726. The number of carbonyl (C=O) groups excluding carboxylic acids is 2. The molecule has 2 aromatic rings. The van der Waals surface area contributed by atoms with Gasteiger partial charge in [0.15, 0.2) is 0 Å². The van der Waals surface area contributed by atoms with Gasteiger partial charge in [-0.05, 0) is 49.4 Å². The van der Waals surface area contributed by atoms with E-state index in [0.29, 0.717) is 23.7 Å². The molecule has 1 heterocycles. The molecular formula is C18H19N3O2. The van der Waals surface area contributed by atoms with Gasteiger partial charge < -0.3 is 10.6 Å². The topological polar surface area (TPSA) is 71.1 Å². The number of benzene rings is 1. The summed E-state index contributed by atoms with van der Waals surface area (Å²) in [7, 11) is 0. The molecule has 0 bridgehead atoms. The predicted molar refractivity (Wildman–Crippen MR) is 89.4 cm³/mol. The number of aromatic nitrogens is 1. The molecule has 0 aliphatic heterocycles. The lowest BCUT2D eigenvalue weighted by molar-refractivity contribution is -0.117. The van der Waals surface area contributed by atoms with Crippen molar-refractivity contribution in [1.29, 1.82) is 0 Å². The van der Waals surface area contributed by atoms with Crippen LogP contribution >= 0.6 is 0 Å². The molecule has 5 nitrogen and oxygen atoms in total. The Balaban J connectivity index is 1.75. The lowest BCUT2D eigenvalue weighted by Crippen LogP contribution is -2.20. The molecule has 1 aromatic heterocycles. The Kier molecular flexibility index (Phi) is 4.37. The van der Waals surface area contributed by atoms with Gasteiger partial charge in [-0.1, -0.05) is 18.2 Å². The largest absolute Gasteiger partial charge is 0.326 e. The third-order valence-corrected chi connectivity index (χ3v) is 4.10. The molecule has 1 aliphatic carbocycles. The van der Waals surface area contributed by atoms with E-state index in [0.717, 1.165) is 5.69 Å². The van der Waals surface area contributed by atoms with Gasteiger partial charge in [-0.2, -0.15) is 0 Å². The van der Waals surface area contributed by atoms with E-state index in [9.17, 15) is 9.59 Å². The molecule has 1 atom stereocenters. The van der Waals surface area contributed by atoms with Crippen molar-refractivity contribution >= 4 is 23.8 Å². The van der Waals surface area contributed by atoms with Crippen molar-refractivity contribution in [3.63, 3.8) is 0 Å². The standard InChI is InChI=1S/C18H19N3O2/c1-12(16-6-3-9-19-17(16)20-11-22)18(23)21-15-5-2-4-14(10-15)13-7-8-13/h2-6,9-13H,7-8H2,1H3,(H,21,23)(H,19,20,22)/t12-/m1/s1. The van der Waals surface area contributed by atoms with Crippen LogP contribution in [0.4, 0.5) is 11.5 Å². The van der Waals surface area contributed by atoms with Crippen LogP contribution in [0.1, 0.15) is 42.7 Å². The fourth-order valence-electron chi connectivity index (χ4n) is 2.62. The van der Waals surface area contributed by atoms with Crippen molar-refractivity contribution in [2.45, 2.75) is 31.6 Å². The highest BCUT2D eigenvalue weighted by Gasteiger charge is 2.24. The fourth-order valence-corrected chi connectivity index (χ4v) is 2.62. The molecule has 1 aliphatic rings. The monoisotopic (exact) mass is 309 g/mol. The number of nitrogens with one attached hydrogen (secondary N) is 2. The van der Waals surface area contributed by atoms with E-state index in [1.807, 2.05) is 18.2 Å². The van der Waals surface area contributed by atoms with Gasteiger partial charge in [-0.15, -0.1) is 0 Å². The van der Waals surface area contributed by atoms with E-state index in [4.69, 9.17) is 0 Å².